The first-order valence-corrected chi connectivity index (χ1v) is 7.91. The molecule has 20 heavy (non-hydrogen) atoms. The maximum absolute atomic E-state index is 11.4. The van der Waals surface area contributed by atoms with Crippen LogP contribution in [-0.4, -0.2) is 37.5 Å². The predicted octanol–water partition coefficient (Wildman–Crippen LogP) is 1.43. The standard InChI is InChI=1S/C13H20N2O4S/c1-4-15(5-2)9(3)12-8-10(20(14,18)19)6-7-11(12)13(16)17/h6-9H,4-5H2,1-3H3,(H,16,17)(H2,14,18,19). The summed E-state index contributed by atoms with van der Waals surface area (Å²) in [6.07, 6.45) is 0. The molecule has 0 fully saturated rings. The van der Waals surface area contributed by atoms with Crippen molar-refractivity contribution in [3.63, 3.8) is 0 Å². The molecule has 1 aromatic carbocycles. The van der Waals surface area contributed by atoms with E-state index >= 15 is 0 Å². The Bertz CT molecular complexity index is 594. The van der Waals surface area contributed by atoms with Gasteiger partial charge in [-0.05, 0) is 43.8 Å². The third kappa shape index (κ3) is 3.56. The van der Waals surface area contributed by atoms with Gasteiger partial charge in [0.2, 0.25) is 10.0 Å². The maximum Gasteiger partial charge on any atom is 0.336 e. The first-order chi connectivity index (χ1) is 9.22. The first kappa shape index (κ1) is 16.6. The molecule has 0 amide bonds. The number of rotatable bonds is 6. The quantitative estimate of drug-likeness (QED) is 0.827. The van der Waals surface area contributed by atoms with Crippen molar-refractivity contribution in [3.05, 3.63) is 29.3 Å². The third-order valence-electron chi connectivity index (χ3n) is 3.39. The van der Waals surface area contributed by atoms with Gasteiger partial charge < -0.3 is 5.11 Å². The second-order valence-corrected chi connectivity index (χ2v) is 6.06. The predicted molar refractivity (Wildman–Crippen MR) is 76.1 cm³/mol. The number of carboxylic acid groups (broad SMARTS) is 1. The van der Waals surface area contributed by atoms with Crippen LogP contribution in [0.4, 0.5) is 0 Å². The number of aromatic carboxylic acids is 1. The van der Waals surface area contributed by atoms with Gasteiger partial charge in [-0.1, -0.05) is 13.8 Å². The van der Waals surface area contributed by atoms with E-state index < -0.39 is 16.0 Å². The summed E-state index contributed by atoms with van der Waals surface area (Å²) in [5.41, 5.74) is 0.546. The minimum Gasteiger partial charge on any atom is -0.478 e. The van der Waals surface area contributed by atoms with Crippen molar-refractivity contribution in [1.29, 1.82) is 0 Å². The molecule has 0 bridgehead atoms. The van der Waals surface area contributed by atoms with Crippen molar-refractivity contribution in [3.8, 4) is 0 Å². The second-order valence-electron chi connectivity index (χ2n) is 4.50. The van der Waals surface area contributed by atoms with Crippen molar-refractivity contribution in [2.24, 2.45) is 5.14 Å². The molecule has 0 saturated carbocycles. The lowest BCUT2D eigenvalue weighted by Crippen LogP contribution is -2.28. The van der Waals surface area contributed by atoms with Crippen LogP contribution in [0.2, 0.25) is 0 Å². The molecule has 0 aliphatic rings. The smallest absolute Gasteiger partial charge is 0.336 e. The van der Waals surface area contributed by atoms with Crippen LogP contribution >= 0.6 is 0 Å². The van der Waals surface area contributed by atoms with E-state index in [9.17, 15) is 18.3 Å². The molecule has 0 aromatic heterocycles. The molecule has 1 atom stereocenters. The average Bonchev–Trinajstić information content (AvgIpc) is 2.38. The van der Waals surface area contributed by atoms with Crippen molar-refractivity contribution < 1.29 is 18.3 Å². The summed E-state index contributed by atoms with van der Waals surface area (Å²) in [5.74, 6) is -1.08. The first-order valence-electron chi connectivity index (χ1n) is 6.36. The van der Waals surface area contributed by atoms with Crippen LogP contribution in [0.15, 0.2) is 23.1 Å². The summed E-state index contributed by atoms with van der Waals surface area (Å²) < 4.78 is 22.8. The molecule has 1 unspecified atom stereocenters. The van der Waals surface area contributed by atoms with E-state index in [2.05, 4.69) is 0 Å². The number of hydrogen-bond acceptors (Lipinski definition) is 4. The van der Waals surface area contributed by atoms with E-state index in [0.29, 0.717) is 5.56 Å². The zero-order chi connectivity index (χ0) is 15.5. The van der Waals surface area contributed by atoms with Crippen LogP contribution in [0.25, 0.3) is 0 Å². The Morgan fingerprint density at radius 3 is 2.30 bits per heavy atom. The third-order valence-corrected chi connectivity index (χ3v) is 4.30. The highest BCUT2D eigenvalue weighted by Gasteiger charge is 2.22. The van der Waals surface area contributed by atoms with E-state index in [1.165, 1.54) is 18.2 Å². The number of sulfonamides is 1. The van der Waals surface area contributed by atoms with Crippen LogP contribution in [0, 0.1) is 0 Å². The fourth-order valence-corrected chi connectivity index (χ4v) is 2.78. The summed E-state index contributed by atoms with van der Waals surface area (Å²) in [6, 6.07) is 3.65. The van der Waals surface area contributed by atoms with Gasteiger partial charge in [-0.15, -0.1) is 0 Å². The van der Waals surface area contributed by atoms with E-state index in [1.54, 1.807) is 0 Å². The van der Waals surface area contributed by atoms with Crippen molar-refractivity contribution in [2.75, 3.05) is 13.1 Å². The molecule has 0 aliphatic carbocycles. The normalized spacial score (nSPS) is 13.4. The van der Waals surface area contributed by atoms with Crippen LogP contribution in [0.3, 0.4) is 0 Å². The second kappa shape index (κ2) is 6.34. The number of nitrogens with zero attached hydrogens (tertiary/aromatic N) is 1. The van der Waals surface area contributed by atoms with Crippen LogP contribution in [-0.2, 0) is 10.0 Å². The Balaban J connectivity index is 3.43. The van der Waals surface area contributed by atoms with Gasteiger partial charge in [0, 0.05) is 6.04 Å². The molecule has 0 heterocycles. The number of carbonyl (C=O) groups is 1. The largest absolute Gasteiger partial charge is 0.478 e. The molecule has 1 rings (SSSR count). The molecule has 1 aromatic rings. The Morgan fingerprint density at radius 1 is 1.35 bits per heavy atom. The van der Waals surface area contributed by atoms with E-state index in [4.69, 9.17) is 5.14 Å². The number of primary sulfonamides is 1. The van der Waals surface area contributed by atoms with Gasteiger partial charge in [-0.25, -0.2) is 18.4 Å². The lowest BCUT2D eigenvalue weighted by atomic mass is 10.00. The average molecular weight is 300 g/mol. The molecule has 0 aliphatic heterocycles. The van der Waals surface area contributed by atoms with Crippen LogP contribution in [0.5, 0.6) is 0 Å². The Morgan fingerprint density at radius 2 is 1.90 bits per heavy atom. The Hall–Kier alpha value is -1.44. The van der Waals surface area contributed by atoms with Gasteiger partial charge in [0.05, 0.1) is 10.5 Å². The molecule has 0 saturated heterocycles. The van der Waals surface area contributed by atoms with Gasteiger partial charge in [0.15, 0.2) is 0 Å². The van der Waals surface area contributed by atoms with Gasteiger partial charge in [0.1, 0.15) is 0 Å². The van der Waals surface area contributed by atoms with Crippen LogP contribution < -0.4 is 5.14 Å². The van der Waals surface area contributed by atoms with Gasteiger partial charge in [-0.2, -0.15) is 0 Å². The summed E-state index contributed by atoms with van der Waals surface area (Å²) in [5, 5.41) is 14.3. The molecule has 112 valence electrons. The number of benzene rings is 1. The zero-order valence-electron chi connectivity index (χ0n) is 11.8. The van der Waals surface area contributed by atoms with Crippen molar-refractivity contribution in [1.82, 2.24) is 4.90 Å². The highest BCUT2D eigenvalue weighted by Crippen LogP contribution is 2.26. The van der Waals surface area contributed by atoms with Gasteiger partial charge in [-0.3, -0.25) is 4.90 Å². The lowest BCUT2D eigenvalue weighted by Gasteiger charge is -2.28. The summed E-state index contributed by atoms with van der Waals surface area (Å²) in [6.45, 7) is 7.24. The van der Waals surface area contributed by atoms with E-state index in [0.717, 1.165) is 13.1 Å². The Kier molecular flexibility index (Phi) is 5.27. The fraction of sp³-hybridized carbons (Fsp3) is 0.462. The minimum absolute atomic E-state index is 0.0727. The highest BCUT2D eigenvalue weighted by atomic mass is 32.2. The lowest BCUT2D eigenvalue weighted by molar-refractivity contribution is 0.0692. The van der Waals surface area contributed by atoms with E-state index in [-0.39, 0.29) is 16.5 Å². The molecular weight excluding hydrogens is 280 g/mol. The highest BCUT2D eigenvalue weighted by molar-refractivity contribution is 7.89. The maximum atomic E-state index is 11.4. The monoisotopic (exact) mass is 300 g/mol. The van der Waals surface area contributed by atoms with Crippen molar-refractivity contribution >= 4 is 16.0 Å². The van der Waals surface area contributed by atoms with E-state index in [1.807, 2.05) is 25.7 Å². The zero-order valence-corrected chi connectivity index (χ0v) is 12.6. The summed E-state index contributed by atoms with van der Waals surface area (Å²) in [4.78, 5) is 13.3. The fourth-order valence-electron chi connectivity index (χ4n) is 2.23. The SMILES string of the molecule is CCN(CC)C(C)c1cc(S(N)(=O)=O)ccc1C(=O)O. The van der Waals surface area contributed by atoms with Crippen molar-refractivity contribution in [2.45, 2.75) is 31.7 Å². The summed E-state index contributed by atoms with van der Waals surface area (Å²) in [7, 11) is -3.85. The molecule has 0 radical (unpaired) electrons. The van der Waals surface area contributed by atoms with Crippen LogP contribution in [0.1, 0.15) is 42.7 Å². The van der Waals surface area contributed by atoms with Gasteiger partial charge >= 0.3 is 5.97 Å². The minimum atomic E-state index is -3.85. The van der Waals surface area contributed by atoms with Gasteiger partial charge in [0.25, 0.3) is 0 Å². The molecule has 0 spiro atoms. The summed E-state index contributed by atoms with van der Waals surface area (Å²) >= 11 is 0. The topological polar surface area (TPSA) is 101 Å². The molecular formula is C13H20N2O4S. The molecule has 6 nitrogen and oxygen atoms in total. The Labute approximate surface area is 119 Å². The number of hydrogen-bond donors (Lipinski definition) is 2. The number of nitrogens with two attached hydrogens (primary N) is 1. The number of carboxylic acids is 1. The molecule has 7 heteroatoms. The molecule has 3 N–H and O–H groups in total.